The van der Waals surface area contributed by atoms with E-state index in [2.05, 4.69) is 26.2 Å². The highest BCUT2D eigenvalue weighted by Gasteiger charge is 2.11. The van der Waals surface area contributed by atoms with Crippen LogP contribution in [-0.4, -0.2) is 22.0 Å². The van der Waals surface area contributed by atoms with Gasteiger partial charge in [-0.3, -0.25) is 4.79 Å². The lowest BCUT2D eigenvalue weighted by molar-refractivity contribution is 0.0925. The van der Waals surface area contributed by atoms with Crippen molar-refractivity contribution in [3.05, 3.63) is 52.7 Å². The first-order valence-electron chi connectivity index (χ1n) is 6.57. The molecule has 0 unspecified atom stereocenters. The highest BCUT2D eigenvalue weighted by molar-refractivity contribution is 9.10. The van der Waals surface area contributed by atoms with Gasteiger partial charge in [-0.15, -0.1) is 0 Å². The molecular formula is C15H14BrN3O2. The Morgan fingerprint density at radius 2 is 2.29 bits per heavy atom. The summed E-state index contributed by atoms with van der Waals surface area (Å²) in [7, 11) is 1.97. The third-order valence-electron chi connectivity index (χ3n) is 3.29. The summed E-state index contributed by atoms with van der Waals surface area (Å²) >= 11 is 3.18. The zero-order chi connectivity index (χ0) is 14.8. The first kappa shape index (κ1) is 13.9. The molecule has 0 bridgehead atoms. The van der Waals surface area contributed by atoms with Gasteiger partial charge in [-0.05, 0) is 52.2 Å². The molecule has 0 aromatic carbocycles. The molecule has 108 valence electrons. The van der Waals surface area contributed by atoms with Gasteiger partial charge >= 0.3 is 0 Å². The van der Waals surface area contributed by atoms with Crippen LogP contribution in [0.3, 0.4) is 0 Å². The first-order chi connectivity index (χ1) is 10.1. The molecule has 21 heavy (non-hydrogen) atoms. The van der Waals surface area contributed by atoms with Crippen LogP contribution >= 0.6 is 15.9 Å². The summed E-state index contributed by atoms with van der Waals surface area (Å²) in [5.41, 5.74) is 2.12. The Bertz CT molecular complexity index is 791. The van der Waals surface area contributed by atoms with Gasteiger partial charge in [-0.1, -0.05) is 0 Å². The average molecular weight is 348 g/mol. The van der Waals surface area contributed by atoms with Gasteiger partial charge in [0.2, 0.25) is 0 Å². The van der Waals surface area contributed by atoms with Crippen LogP contribution in [-0.2, 0) is 13.5 Å². The molecule has 0 atom stereocenters. The highest BCUT2D eigenvalue weighted by Crippen LogP contribution is 2.18. The number of nitrogens with one attached hydrogen (secondary N) is 1. The standard InChI is InChI=1S/C15H14BrN3O2/c1-19-9-10(11-3-2-7-17-14(11)19)6-8-18-15(20)12-4-5-13(16)21-12/h2-5,7,9H,6,8H2,1H3,(H,18,20). The van der Waals surface area contributed by atoms with Gasteiger partial charge in [-0.2, -0.15) is 0 Å². The molecule has 6 heteroatoms. The van der Waals surface area contributed by atoms with Gasteiger partial charge in [0.15, 0.2) is 10.4 Å². The molecule has 0 spiro atoms. The largest absolute Gasteiger partial charge is 0.444 e. The molecule has 3 rings (SSSR count). The van der Waals surface area contributed by atoms with E-state index in [4.69, 9.17) is 4.42 Å². The number of nitrogens with zero attached hydrogens (tertiary/aromatic N) is 2. The predicted octanol–water partition coefficient (Wildman–Crippen LogP) is 2.90. The monoisotopic (exact) mass is 347 g/mol. The summed E-state index contributed by atoms with van der Waals surface area (Å²) in [6.45, 7) is 0.547. The van der Waals surface area contributed by atoms with Gasteiger partial charge in [0.1, 0.15) is 5.65 Å². The van der Waals surface area contributed by atoms with Crippen LogP contribution in [0.5, 0.6) is 0 Å². The topological polar surface area (TPSA) is 60.1 Å². The maximum atomic E-state index is 11.9. The smallest absolute Gasteiger partial charge is 0.287 e. The Hall–Kier alpha value is -2.08. The summed E-state index contributed by atoms with van der Waals surface area (Å²) in [6, 6.07) is 7.31. The average Bonchev–Trinajstić information content (AvgIpc) is 3.04. The van der Waals surface area contributed by atoms with Crippen LogP contribution in [0.4, 0.5) is 0 Å². The third-order valence-corrected chi connectivity index (χ3v) is 3.72. The summed E-state index contributed by atoms with van der Waals surface area (Å²) in [6.07, 6.45) is 4.58. The number of carbonyl (C=O) groups excluding carboxylic acids is 1. The normalized spacial score (nSPS) is 11.0. The van der Waals surface area contributed by atoms with E-state index in [0.29, 0.717) is 17.0 Å². The fraction of sp³-hybridized carbons (Fsp3) is 0.200. The lowest BCUT2D eigenvalue weighted by atomic mass is 10.1. The second kappa shape index (κ2) is 5.73. The van der Waals surface area contributed by atoms with Crippen LogP contribution < -0.4 is 5.32 Å². The summed E-state index contributed by atoms with van der Waals surface area (Å²) in [5, 5.41) is 3.97. The number of rotatable bonds is 4. The lowest BCUT2D eigenvalue weighted by Gasteiger charge is -2.02. The van der Waals surface area contributed by atoms with Crippen molar-refractivity contribution in [3.63, 3.8) is 0 Å². The number of pyridine rings is 1. The molecule has 1 N–H and O–H groups in total. The van der Waals surface area contributed by atoms with Crippen LogP contribution in [0.15, 0.2) is 45.7 Å². The minimum Gasteiger partial charge on any atom is -0.444 e. The molecule has 5 nitrogen and oxygen atoms in total. The number of hydrogen-bond acceptors (Lipinski definition) is 3. The minimum absolute atomic E-state index is 0.209. The molecule has 0 aliphatic carbocycles. The van der Waals surface area contributed by atoms with Gasteiger partial charge < -0.3 is 14.3 Å². The van der Waals surface area contributed by atoms with Crippen molar-refractivity contribution < 1.29 is 9.21 Å². The van der Waals surface area contributed by atoms with E-state index in [1.165, 1.54) is 5.56 Å². The van der Waals surface area contributed by atoms with E-state index in [1.54, 1.807) is 18.3 Å². The molecule has 3 heterocycles. The Balaban J connectivity index is 1.66. The zero-order valence-corrected chi connectivity index (χ0v) is 13.1. The molecule has 0 saturated carbocycles. The molecule has 0 aliphatic heterocycles. The van der Waals surface area contributed by atoms with Crippen LogP contribution in [0.2, 0.25) is 0 Å². The van der Waals surface area contributed by atoms with E-state index < -0.39 is 0 Å². The maximum Gasteiger partial charge on any atom is 0.287 e. The van der Waals surface area contributed by atoms with Crippen LogP contribution in [0, 0.1) is 0 Å². The van der Waals surface area contributed by atoms with Crippen molar-refractivity contribution in [2.24, 2.45) is 7.05 Å². The van der Waals surface area contributed by atoms with Crippen molar-refractivity contribution in [3.8, 4) is 0 Å². The molecule has 0 fully saturated rings. The number of carbonyl (C=O) groups is 1. The van der Waals surface area contributed by atoms with Crippen molar-refractivity contribution in [2.75, 3.05) is 6.54 Å². The van der Waals surface area contributed by atoms with Crippen LogP contribution in [0.1, 0.15) is 16.1 Å². The van der Waals surface area contributed by atoms with Gasteiger partial charge in [0, 0.05) is 31.4 Å². The molecule has 3 aromatic heterocycles. The van der Waals surface area contributed by atoms with E-state index in [1.807, 2.05) is 29.9 Å². The second-order valence-corrected chi connectivity index (χ2v) is 5.53. The number of furan rings is 1. The highest BCUT2D eigenvalue weighted by atomic mass is 79.9. The summed E-state index contributed by atoms with van der Waals surface area (Å²) < 4.78 is 7.76. The fourth-order valence-corrected chi connectivity index (χ4v) is 2.63. The van der Waals surface area contributed by atoms with E-state index in [0.717, 1.165) is 17.5 Å². The quantitative estimate of drug-likeness (QED) is 0.789. The Morgan fingerprint density at radius 1 is 1.43 bits per heavy atom. The lowest BCUT2D eigenvalue weighted by Crippen LogP contribution is -2.25. The number of fused-ring (bicyclic) bond motifs is 1. The number of aromatic nitrogens is 2. The molecule has 0 radical (unpaired) electrons. The summed E-state index contributed by atoms with van der Waals surface area (Å²) in [5.74, 6) is 0.0977. The Labute approximate surface area is 130 Å². The van der Waals surface area contributed by atoms with Crippen molar-refractivity contribution in [1.29, 1.82) is 0 Å². The number of aryl methyl sites for hydroxylation is 1. The van der Waals surface area contributed by atoms with Crippen molar-refractivity contribution >= 4 is 32.9 Å². The fourth-order valence-electron chi connectivity index (χ4n) is 2.33. The zero-order valence-electron chi connectivity index (χ0n) is 11.5. The maximum absolute atomic E-state index is 11.9. The summed E-state index contributed by atoms with van der Waals surface area (Å²) in [4.78, 5) is 16.2. The number of halogens is 1. The van der Waals surface area contributed by atoms with Gasteiger partial charge in [-0.25, -0.2) is 4.98 Å². The molecule has 3 aromatic rings. The first-order valence-corrected chi connectivity index (χ1v) is 7.37. The second-order valence-electron chi connectivity index (χ2n) is 4.75. The van der Waals surface area contributed by atoms with Gasteiger partial charge in [0.05, 0.1) is 0 Å². The Morgan fingerprint density at radius 3 is 3.05 bits per heavy atom. The van der Waals surface area contributed by atoms with E-state index in [9.17, 15) is 4.79 Å². The Kier molecular flexibility index (Phi) is 3.79. The van der Waals surface area contributed by atoms with E-state index in [-0.39, 0.29) is 5.91 Å². The SMILES string of the molecule is Cn1cc(CCNC(=O)c2ccc(Br)o2)c2cccnc21. The van der Waals surface area contributed by atoms with Crippen LogP contribution in [0.25, 0.3) is 11.0 Å². The molecule has 0 aliphatic rings. The third kappa shape index (κ3) is 2.85. The number of hydrogen-bond donors (Lipinski definition) is 1. The predicted molar refractivity (Wildman–Crippen MR) is 83.2 cm³/mol. The minimum atomic E-state index is -0.209. The molecule has 1 amide bonds. The van der Waals surface area contributed by atoms with E-state index >= 15 is 0 Å². The molecule has 0 saturated heterocycles. The van der Waals surface area contributed by atoms with Crippen molar-refractivity contribution in [2.45, 2.75) is 6.42 Å². The van der Waals surface area contributed by atoms with Gasteiger partial charge in [0.25, 0.3) is 5.91 Å². The molecular weight excluding hydrogens is 334 g/mol. The van der Waals surface area contributed by atoms with Crippen molar-refractivity contribution in [1.82, 2.24) is 14.9 Å². The number of amides is 1.